The van der Waals surface area contributed by atoms with Crippen molar-refractivity contribution in [3.8, 4) is 11.5 Å². The molecule has 0 aromatic heterocycles. The number of nitrogens with zero attached hydrogens (tertiary/aromatic N) is 1. The summed E-state index contributed by atoms with van der Waals surface area (Å²) in [6.45, 7) is 7.05. The van der Waals surface area contributed by atoms with Gasteiger partial charge in [0.25, 0.3) is 0 Å². The maximum absolute atomic E-state index is 10.2. The first kappa shape index (κ1) is 21.7. The van der Waals surface area contributed by atoms with Gasteiger partial charge in [-0.2, -0.15) is 0 Å². The number of hydrogen-bond donors (Lipinski definition) is 1. The molecule has 0 fully saturated rings. The second kappa shape index (κ2) is 12.1. The molecular formula is C19H33NO5. The Kier molecular flexibility index (Phi) is 10.5. The first-order chi connectivity index (χ1) is 12.0. The van der Waals surface area contributed by atoms with Gasteiger partial charge in [-0.1, -0.05) is 6.07 Å². The zero-order valence-electron chi connectivity index (χ0n) is 16.2. The second-order valence-corrected chi connectivity index (χ2v) is 6.31. The Bertz CT molecular complexity index is 481. The van der Waals surface area contributed by atoms with Gasteiger partial charge in [0.15, 0.2) is 11.5 Å². The maximum atomic E-state index is 10.2. The summed E-state index contributed by atoms with van der Waals surface area (Å²) < 4.78 is 21.3. The maximum Gasteiger partial charge on any atom is 0.161 e. The predicted octanol–water partition coefficient (Wildman–Crippen LogP) is 2.33. The average molecular weight is 355 g/mol. The number of hydrogen-bond acceptors (Lipinski definition) is 6. The van der Waals surface area contributed by atoms with Crippen LogP contribution < -0.4 is 9.47 Å². The van der Waals surface area contributed by atoms with Crippen LogP contribution in [0.3, 0.4) is 0 Å². The van der Waals surface area contributed by atoms with Gasteiger partial charge < -0.3 is 24.1 Å². The molecule has 25 heavy (non-hydrogen) atoms. The van der Waals surface area contributed by atoms with Gasteiger partial charge in [0.05, 0.1) is 33.0 Å². The Labute approximate surface area is 151 Å². The average Bonchev–Trinajstić information content (AvgIpc) is 2.59. The highest BCUT2D eigenvalue weighted by Gasteiger charge is 2.14. The van der Waals surface area contributed by atoms with E-state index in [1.54, 1.807) is 21.3 Å². The molecule has 1 rings (SSSR count). The fourth-order valence-electron chi connectivity index (χ4n) is 2.56. The molecule has 0 aliphatic rings. The highest BCUT2D eigenvalue weighted by Crippen LogP contribution is 2.28. The minimum Gasteiger partial charge on any atom is -0.493 e. The summed E-state index contributed by atoms with van der Waals surface area (Å²) in [5.74, 6) is 1.42. The van der Waals surface area contributed by atoms with Crippen LogP contribution in [0.15, 0.2) is 18.2 Å². The van der Waals surface area contributed by atoms with Crippen LogP contribution in [0.25, 0.3) is 0 Å². The predicted molar refractivity (Wildman–Crippen MR) is 98.4 cm³/mol. The third-order valence-electron chi connectivity index (χ3n) is 3.77. The standard InChI is InChI=1S/C19H33NO5/c1-15(2)25-14-17(21)13-20(9-6-10-22-3)12-16-7-8-18(23-4)19(11-16)24-5/h7-8,11,15,17,21H,6,9-10,12-14H2,1-5H3/t17-/m0/s1. The number of benzene rings is 1. The summed E-state index contributed by atoms with van der Waals surface area (Å²) in [5, 5.41) is 10.2. The molecule has 0 heterocycles. The molecule has 1 aromatic carbocycles. The molecule has 1 N–H and O–H groups in total. The van der Waals surface area contributed by atoms with E-state index in [0.29, 0.717) is 37.8 Å². The van der Waals surface area contributed by atoms with Crippen molar-refractivity contribution in [2.24, 2.45) is 0 Å². The number of aliphatic hydroxyl groups excluding tert-OH is 1. The fraction of sp³-hybridized carbons (Fsp3) is 0.684. The molecule has 0 unspecified atom stereocenters. The van der Waals surface area contributed by atoms with E-state index < -0.39 is 6.10 Å². The molecule has 6 heteroatoms. The Morgan fingerprint density at radius 2 is 1.80 bits per heavy atom. The van der Waals surface area contributed by atoms with Crippen molar-refractivity contribution in [3.63, 3.8) is 0 Å². The molecule has 1 aromatic rings. The minimum absolute atomic E-state index is 0.113. The molecule has 0 amide bonds. The minimum atomic E-state index is -0.523. The third-order valence-corrected chi connectivity index (χ3v) is 3.77. The van der Waals surface area contributed by atoms with Crippen LogP contribution in [0.1, 0.15) is 25.8 Å². The summed E-state index contributed by atoms with van der Waals surface area (Å²) in [6.07, 6.45) is 0.495. The van der Waals surface area contributed by atoms with Crippen molar-refractivity contribution in [2.75, 3.05) is 47.6 Å². The number of rotatable bonds is 13. The van der Waals surface area contributed by atoms with Gasteiger partial charge in [-0.05, 0) is 38.0 Å². The summed E-state index contributed by atoms with van der Waals surface area (Å²) in [5.41, 5.74) is 1.10. The number of aliphatic hydroxyl groups is 1. The van der Waals surface area contributed by atoms with E-state index >= 15 is 0 Å². The van der Waals surface area contributed by atoms with Crippen LogP contribution in [-0.4, -0.2) is 69.8 Å². The lowest BCUT2D eigenvalue weighted by molar-refractivity contribution is -0.0103. The van der Waals surface area contributed by atoms with Gasteiger partial charge in [-0.3, -0.25) is 4.90 Å². The molecule has 0 saturated heterocycles. The lowest BCUT2D eigenvalue weighted by atomic mass is 10.1. The van der Waals surface area contributed by atoms with Crippen molar-refractivity contribution < 1.29 is 24.1 Å². The summed E-state index contributed by atoms with van der Waals surface area (Å²) in [7, 11) is 4.95. The largest absolute Gasteiger partial charge is 0.493 e. The second-order valence-electron chi connectivity index (χ2n) is 6.31. The number of methoxy groups -OCH3 is 3. The van der Waals surface area contributed by atoms with E-state index in [1.807, 2.05) is 32.0 Å². The first-order valence-electron chi connectivity index (χ1n) is 8.72. The Hall–Kier alpha value is -1.34. The smallest absolute Gasteiger partial charge is 0.161 e. The topological polar surface area (TPSA) is 60.4 Å². The first-order valence-corrected chi connectivity index (χ1v) is 8.72. The van der Waals surface area contributed by atoms with Gasteiger partial charge in [0.2, 0.25) is 0 Å². The lowest BCUT2D eigenvalue weighted by Gasteiger charge is -2.26. The Morgan fingerprint density at radius 1 is 1.08 bits per heavy atom. The van der Waals surface area contributed by atoms with Crippen molar-refractivity contribution in [3.05, 3.63) is 23.8 Å². The molecule has 0 aliphatic carbocycles. The summed E-state index contributed by atoms with van der Waals surface area (Å²) >= 11 is 0. The fourth-order valence-corrected chi connectivity index (χ4v) is 2.56. The summed E-state index contributed by atoms with van der Waals surface area (Å²) in [4.78, 5) is 2.20. The highest BCUT2D eigenvalue weighted by atomic mass is 16.5. The molecule has 6 nitrogen and oxygen atoms in total. The van der Waals surface area contributed by atoms with Crippen molar-refractivity contribution >= 4 is 0 Å². The van der Waals surface area contributed by atoms with E-state index in [9.17, 15) is 5.11 Å². The van der Waals surface area contributed by atoms with E-state index in [-0.39, 0.29) is 6.10 Å². The van der Waals surface area contributed by atoms with Crippen molar-refractivity contribution in [2.45, 2.75) is 39.0 Å². The van der Waals surface area contributed by atoms with E-state index in [4.69, 9.17) is 18.9 Å². The van der Waals surface area contributed by atoms with Crippen LogP contribution in [0.4, 0.5) is 0 Å². The molecule has 0 aliphatic heterocycles. The highest BCUT2D eigenvalue weighted by molar-refractivity contribution is 5.42. The van der Waals surface area contributed by atoms with Crippen LogP contribution in [0, 0.1) is 0 Å². The molecule has 1 atom stereocenters. The van der Waals surface area contributed by atoms with Crippen LogP contribution >= 0.6 is 0 Å². The van der Waals surface area contributed by atoms with Crippen molar-refractivity contribution in [1.29, 1.82) is 0 Å². The van der Waals surface area contributed by atoms with Crippen molar-refractivity contribution in [1.82, 2.24) is 4.90 Å². The lowest BCUT2D eigenvalue weighted by Crippen LogP contribution is -2.36. The van der Waals surface area contributed by atoms with Gasteiger partial charge in [0.1, 0.15) is 0 Å². The molecule has 0 saturated carbocycles. The van der Waals surface area contributed by atoms with Gasteiger partial charge in [0, 0.05) is 33.4 Å². The Morgan fingerprint density at radius 3 is 2.40 bits per heavy atom. The van der Waals surface area contributed by atoms with Crippen LogP contribution in [0.5, 0.6) is 11.5 Å². The van der Waals surface area contributed by atoms with Crippen LogP contribution in [-0.2, 0) is 16.0 Å². The molecular weight excluding hydrogens is 322 g/mol. The zero-order valence-corrected chi connectivity index (χ0v) is 16.2. The summed E-state index contributed by atoms with van der Waals surface area (Å²) in [6, 6.07) is 5.89. The van der Waals surface area contributed by atoms with E-state index in [2.05, 4.69) is 4.90 Å². The van der Waals surface area contributed by atoms with Crippen LogP contribution in [0.2, 0.25) is 0 Å². The molecule has 0 spiro atoms. The molecule has 144 valence electrons. The Balaban J connectivity index is 2.71. The number of ether oxygens (including phenoxy) is 4. The monoisotopic (exact) mass is 355 g/mol. The normalized spacial score (nSPS) is 12.6. The van der Waals surface area contributed by atoms with E-state index in [0.717, 1.165) is 18.5 Å². The quantitative estimate of drug-likeness (QED) is 0.548. The van der Waals surface area contributed by atoms with Gasteiger partial charge in [-0.15, -0.1) is 0 Å². The zero-order chi connectivity index (χ0) is 18.7. The SMILES string of the molecule is COCCCN(Cc1ccc(OC)c(OC)c1)C[C@H](O)COC(C)C. The van der Waals surface area contributed by atoms with E-state index in [1.165, 1.54) is 0 Å². The third kappa shape index (κ3) is 8.54. The molecule has 0 radical (unpaired) electrons. The van der Waals surface area contributed by atoms with Gasteiger partial charge in [-0.25, -0.2) is 0 Å². The molecule has 0 bridgehead atoms. The van der Waals surface area contributed by atoms with Gasteiger partial charge >= 0.3 is 0 Å².